The number of benzene rings is 1. The summed E-state index contributed by atoms with van der Waals surface area (Å²) in [5, 5.41) is 0.601. The number of carbonyl (C=O) groups is 1. The average Bonchev–Trinajstić information content (AvgIpc) is 3.02. The molecule has 0 bridgehead atoms. The third-order valence-corrected chi connectivity index (χ3v) is 6.13. The Morgan fingerprint density at radius 2 is 2.03 bits per heavy atom. The third kappa shape index (κ3) is 5.42. The van der Waals surface area contributed by atoms with Crippen molar-refractivity contribution in [3.05, 3.63) is 50.4 Å². The smallest absolute Gasteiger partial charge is 0.387 e. The van der Waals surface area contributed by atoms with Crippen LogP contribution in [0.25, 0.3) is 10.2 Å². The Balaban J connectivity index is 1.65. The fourth-order valence-corrected chi connectivity index (χ4v) is 4.36. The minimum Gasteiger partial charge on any atom is -0.490 e. The van der Waals surface area contributed by atoms with Crippen LogP contribution < -0.4 is 15.0 Å². The molecule has 172 valence electrons. The van der Waals surface area contributed by atoms with E-state index >= 15 is 0 Å². The van der Waals surface area contributed by atoms with E-state index in [1.165, 1.54) is 22.3 Å². The van der Waals surface area contributed by atoms with Gasteiger partial charge in [0.1, 0.15) is 10.7 Å². The van der Waals surface area contributed by atoms with Crippen molar-refractivity contribution in [3.63, 3.8) is 0 Å². The van der Waals surface area contributed by atoms with Crippen LogP contribution in [0.2, 0.25) is 0 Å². The van der Waals surface area contributed by atoms with E-state index in [1.54, 1.807) is 26.1 Å². The molecule has 0 saturated carbocycles. The Morgan fingerprint density at radius 1 is 1.28 bits per heavy atom. The van der Waals surface area contributed by atoms with Crippen LogP contribution >= 0.6 is 11.3 Å². The highest BCUT2D eigenvalue weighted by Gasteiger charge is 2.16. The van der Waals surface area contributed by atoms with Gasteiger partial charge in [-0.2, -0.15) is 8.78 Å². The molecule has 10 heteroatoms. The van der Waals surface area contributed by atoms with Crippen molar-refractivity contribution in [2.75, 3.05) is 13.7 Å². The molecule has 0 fully saturated rings. The second-order valence-corrected chi connectivity index (χ2v) is 8.52. The number of nitrogens with one attached hydrogen (secondary N) is 1. The van der Waals surface area contributed by atoms with Crippen LogP contribution in [0.4, 0.5) is 8.78 Å². The highest BCUT2D eigenvalue weighted by molar-refractivity contribution is 7.18. The molecular weight excluding hydrogens is 440 g/mol. The SMILES string of the molecule is CCOc1cc(CN(C)C(=O)CCc2nc3sc(C)c(C)c3c(=O)[nH]2)ccc1OC(F)F. The van der Waals surface area contributed by atoms with Gasteiger partial charge in [0.25, 0.3) is 5.56 Å². The molecule has 0 atom stereocenters. The number of fused-ring (bicyclic) bond motifs is 1. The number of H-pyrrole nitrogens is 1. The average molecular weight is 466 g/mol. The van der Waals surface area contributed by atoms with Gasteiger partial charge in [0.15, 0.2) is 11.5 Å². The van der Waals surface area contributed by atoms with Gasteiger partial charge in [0.2, 0.25) is 5.91 Å². The predicted molar refractivity (Wildman–Crippen MR) is 119 cm³/mol. The molecule has 0 aliphatic carbocycles. The number of nitrogens with zero attached hydrogens (tertiary/aromatic N) is 2. The normalized spacial score (nSPS) is 11.2. The summed E-state index contributed by atoms with van der Waals surface area (Å²) in [5.74, 6) is 0.474. The van der Waals surface area contributed by atoms with Crippen LogP contribution in [0.3, 0.4) is 0 Å². The van der Waals surface area contributed by atoms with Crippen LogP contribution in [0.1, 0.15) is 35.2 Å². The maximum atomic E-state index is 12.6. The number of aryl methyl sites for hydroxylation is 3. The van der Waals surface area contributed by atoms with E-state index in [-0.39, 0.29) is 42.5 Å². The molecule has 2 heterocycles. The van der Waals surface area contributed by atoms with E-state index in [0.29, 0.717) is 28.0 Å². The lowest BCUT2D eigenvalue weighted by Crippen LogP contribution is -2.27. The summed E-state index contributed by atoms with van der Waals surface area (Å²) in [6, 6.07) is 4.59. The van der Waals surface area contributed by atoms with Gasteiger partial charge < -0.3 is 19.4 Å². The topological polar surface area (TPSA) is 84.5 Å². The van der Waals surface area contributed by atoms with Crippen molar-refractivity contribution < 1.29 is 23.0 Å². The molecule has 1 aromatic carbocycles. The Bertz CT molecular complexity index is 1180. The maximum Gasteiger partial charge on any atom is 0.387 e. The minimum absolute atomic E-state index is 0.0518. The fraction of sp³-hybridized carbons (Fsp3) is 0.409. The van der Waals surface area contributed by atoms with Crippen LogP contribution in [-0.4, -0.2) is 41.0 Å². The molecule has 32 heavy (non-hydrogen) atoms. The van der Waals surface area contributed by atoms with E-state index in [2.05, 4.69) is 14.7 Å². The standard InChI is InChI=1S/C22H25F2N3O4S/c1-5-30-16-10-14(6-7-15(16)31-22(23)24)11-27(4)18(28)9-8-17-25-20(29)19-12(2)13(3)32-21(19)26-17/h6-7,10,22H,5,8-9,11H2,1-4H3,(H,25,26,29). The molecule has 0 aliphatic heterocycles. The van der Waals surface area contributed by atoms with E-state index in [0.717, 1.165) is 10.4 Å². The first kappa shape index (κ1) is 23.6. The van der Waals surface area contributed by atoms with Crippen molar-refractivity contribution >= 4 is 27.5 Å². The van der Waals surface area contributed by atoms with Crippen LogP contribution in [-0.2, 0) is 17.8 Å². The van der Waals surface area contributed by atoms with Crippen LogP contribution in [0.15, 0.2) is 23.0 Å². The number of halogens is 2. The van der Waals surface area contributed by atoms with Gasteiger partial charge >= 0.3 is 6.61 Å². The summed E-state index contributed by atoms with van der Waals surface area (Å²) in [4.78, 5) is 35.5. The largest absolute Gasteiger partial charge is 0.490 e. The summed E-state index contributed by atoms with van der Waals surface area (Å²) < 4.78 is 35.0. The molecule has 0 radical (unpaired) electrons. The monoisotopic (exact) mass is 465 g/mol. The summed E-state index contributed by atoms with van der Waals surface area (Å²) in [6.07, 6.45) is 0.467. The van der Waals surface area contributed by atoms with E-state index in [9.17, 15) is 18.4 Å². The number of rotatable bonds is 9. The molecular formula is C22H25F2N3O4S. The summed E-state index contributed by atoms with van der Waals surface area (Å²) in [7, 11) is 1.65. The van der Waals surface area contributed by atoms with Gasteiger partial charge in [0, 0.05) is 31.3 Å². The fourth-order valence-electron chi connectivity index (χ4n) is 3.31. The molecule has 0 saturated heterocycles. The first-order valence-electron chi connectivity index (χ1n) is 10.1. The lowest BCUT2D eigenvalue weighted by molar-refractivity contribution is -0.130. The quantitative estimate of drug-likeness (QED) is 0.512. The maximum absolute atomic E-state index is 12.6. The first-order valence-corrected chi connectivity index (χ1v) is 10.9. The van der Waals surface area contributed by atoms with Gasteiger partial charge in [-0.3, -0.25) is 9.59 Å². The van der Waals surface area contributed by atoms with Crippen LogP contribution in [0, 0.1) is 13.8 Å². The van der Waals surface area contributed by atoms with Crippen LogP contribution in [0.5, 0.6) is 11.5 Å². The van der Waals surface area contributed by atoms with Crippen molar-refractivity contribution in [2.24, 2.45) is 0 Å². The molecule has 2 aromatic heterocycles. The van der Waals surface area contributed by atoms with E-state index < -0.39 is 6.61 Å². The Kier molecular flexibility index (Phi) is 7.44. The molecule has 7 nitrogen and oxygen atoms in total. The summed E-state index contributed by atoms with van der Waals surface area (Å²) >= 11 is 1.46. The predicted octanol–water partition coefficient (Wildman–Crippen LogP) is 4.19. The molecule has 0 spiro atoms. The number of hydrogen-bond acceptors (Lipinski definition) is 6. The Labute approximate surface area is 188 Å². The second-order valence-electron chi connectivity index (χ2n) is 7.32. The zero-order valence-electron chi connectivity index (χ0n) is 18.3. The molecule has 3 rings (SSSR count). The molecule has 0 unspecified atom stereocenters. The summed E-state index contributed by atoms with van der Waals surface area (Å²) in [5.41, 5.74) is 1.45. The molecule has 0 aliphatic rings. The van der Waals surface area contributed by atoms with Crippen molar-refractivity contribution in [3.8, 4) is 11.5 Å². The molecule has 1 N–H and O–H groups in total. The number of hydrogen-bond donors (Lipinski definition) is 1. The number of alkyl halides is 2. The van der Waals surface area contributed by atoms with E-state index in [1.807, 2.05) is 13.8 Å². The number of ether oxygens (including phenoxy) is 2. The molecule has 1 amide bonds. The number of aromatic amines is 1. The minimum atomic E-state index is -2.95. The van der Waals surface area contributed by atoms with Crippen molar-refractivity contribution in [1.82, 2.24) is 14.9 Å². The van der Waals surface area contributed by atoms with Gasteiger partial charge in [-0.25, -0.2) is 4.98 Å². The summed E-state index contributed by atoms with van der Waals surface area (Å²) in [6.45, 7) is 3.18. The third-order valence-electron chi connectivity index (χ3n) is 5.03. The second kappa shape index (κ2) is 10.1. The Hall–Kier alpha value is -3.01. The number of aromatic nitrogens is 2. The van der Waals surface area contributed by atoms with Gasteiger partial charge in [-0.15, -0.1) is 11.3 Å². The zero-order valence-corrected chi connectivity index (χ0v) is 19.1. The highest BCUT2D eigenvalue weighted by atomic mass is 32.1. The number of thiophene rings is 1. The van der Waals surface area contributed by atoms with Gasteiger partial charge in [-0.1, -0.05) is 6.07 Å². The van der Waals surface area contributed by atoms with Gasteiger partial charge in [0.05, 0.1) is 12.0 Å². The lowest BCUT2D eigenvalue weighted by atomic mass is 10.1. The van der Waals surface area contributed by atoms with Crippen molar-refractivity contribution in [1.29, 1.82) is 0 Å². The zero-order chi connectivity index (χ0) is 23.4. The number of amides is 1. The first-order chi connectivity index (χ1) is 15.2. The highest BCUT2D eigenvalue weighted by Crippen LogP contribution is 2.30. The number of carbonyl (C=O) groups excluding carboxylic acids is 1. The van der Waals surface area contributed by atoms with Gasteiger partial charge in [-0.05, 0) is 44.0 Å². The molecule has 3 aromatic rings. The lowest BCUT2D eigenvalue weighted by Gasteiger charge is -2.19. The van der Waals surface area contributed by atoms with Crippen molar-refractivity contribution in [2.45, 2.75) is 46.8 Å². The Morgan fingerprint density at radius 3 is 2.72 bits per heavy atom. The van der Waals surface area contributed by atoms with E-state index in [4.69, 9.17) is 4.74 Å².